The van der Waals surface area contributed by atoms with Crippen LogP contribution in [0.25, 0.3) is 11.3 Å². The van der Waals surface area contributed by atoms with E-state index >= 15 is 0 Å². The van der Waals surface area contributed by atoms with E-state index in [4.69, 9.17) is 15.1 Å². The van der Waals surface area contributed by atoms with Gasteiger partial charge < -0.3 is 20.3 Å². The fraction of sp³-hybridized carbons (Fsp3) is 0.136. The average molecular weight is 443 g/mol. The van der Waals surface area contributed by atoms with Gasteiger partial charge in [-0.15, -0.1) is 0 Å². The first-order valence-corrected chi connectivity index (χ1v) is 9.17. The van der Waals surface area contributed by atoms with Crippen molar-refractivity contribution in [1.29, 1.82) is 5.26 Å². The molecule has 0 aliphatic carbocycles. The highest BCUT2D eigenvalue weighted by atomic mass is 19.4. The van der Waals surface area contributed by atoms with E-state index in [2.05, 4.69) is 10.3 Å². The zero-order chi connectivity index (χ0) is 23.3. The molecule has 0 aliphatic rings. The lowest BCUT2D eigenvalue weighted by Gasteiger charge is -2.12. The highest BCUT2D eigenvalue weighted by Crippen LogP contribution is 2.35. The number of benzene rings is 2. The van der Waals surface area contributed by atoms with Crippen LogP contribution in [0.4, 0.5) is 19.0 Å². The summed E-state index contributed by atoms with van der Waals surface area (Å²) in [7, 11) is 0. The maximum Gasteiger partial charge on any atom is 0.417 e. The van der Waals surface area contributed by atoms with E-state index in [0.29, 0.717) is 11.3 Å². The SMILES string of the molecule is N#Cc1ccc(Oc2ccc(-c3cccc(NC(=O)C(O)CO)n3)cc2)cc1C(F)(F)F. The Kier molecular flexibility index (Phi) is 6.73. The third-order valence-electron chi connectivity index (χ3n) is 4.28. The number of hydrogen-bond donors (Lipinski definition) is 3. The first-order chi connectivity index (χ1) is 15.2. The maximum atomic E-state index is 13.1. The second-order valence-corrected chi connectivity index (χ2v) is 6.54. The van der Waals surface area contributed by atoms with Crippen LogP contribution in [0.2, 0.25) is 0 Å². The normalized spacial score (nSPS) is 12.0. The van der Waals surface area contributed by atoms with Crippen LogP contribution in [0.5, 0.6) is 11.5 Å². The third kappa shape index (κ3) is 5.40. The van der Waals surface area contributed by atoms with Gasteiger partial charge in [-0.2, -0.15) is 18.4 Å². The Balaban J connectivity index is 1.77. The summed E-state index contributed by atoms with van der Waals surface area (Å²) in [6.07, 6.45) is -6.26. The van der Waals surface area contributed by atoms with Gasteiger partial charge in [0.15, 0.2) is 6.10 Å². The van der Waals surface area contributed by atoms with E-state index in [1.54, 1.807) is 24.3 Å². The number of pyridine rings is 1. The number of carbonyl (C=O) groups is 1. The molecular formula is C22H16F3N3O4. The maximum absolute atomic E-state index is 13.1. The summed E-state index contributed by atoms with van der Waals surface area (Å²) in [5.74, 6) is -0.449. The Hall–Kier alpha value is -3.94. The van der Waals surface area contributed by atoms with Crippen molar-refractivity contribution in [3.8, 4) is 28.8 Å². The standard InChI is InChI=1S/C22H16F3N3O4/c23-22(24,25)17-10-16(9-6-14(17)11-26)32-15-7-4-13(5-8-15)18-2-1-3-20(27-18)28-21(31)19(30)12-29/h1-10,19,29-30H,12H2,(H,27,28,31). The highest BCUT2D eigenvalue weighted by molar-refractivity contribution is 5.93. The van der Waals surface area contributed by atoms with Gasteiger partial charge in [0.2, 0.25) is 0 Å². The highest BCUT2D eigenvalue weighted by Gasteiger charge is 2.34. The smallest absolute Gasteiger partial charge is 0.417 e. The van der Waals surface area contributed by atoms with Crippen molar-refractivity contribution in [3.05, 3.63) is 71.8 Å². The lowest BCUT2D eigenvalue weighted by atomic mass is 10.1. The van der Waals surface area contributed by atoms with Crippen molar-refractivity contribution in [2.75, 3.05) is 11.9 Å². The number of nitrogens with one attached hydrogen (secondary N) is 1. The van der Waals surface area contributed by atoms with E-state index in [9.17, 15) is 23.1 Å². The van der Waals surface area contributed by atoms with Crippen LogP contribution < -0.4 is 10.1 Å². The van der Waals surface area contributed by atoms with Crippen LogP contribution in [-0.4, -0.2) is 33.8 Å². The van der Waals surface area contributed by atoms with Crippen molar-refractivity contribution < 1.29 is 32.9 Å². The molecule has 0 radical (unpaired) electrons. The number of amides is 1. The second-order valence-electron chi connectivity index (χ2n) is 6.54. The monoisotopic (exact) mass is 443 g/mol. The van der Waals surface area contributed by atoms with E-state index < -0.39 is 35.9 Å². The molecule has 1 heterocycles. The molecule has 7 nitrogen and oxygen atoms in total. The van der Waals surface area contributed by atoms with Gasteiger partial charge >= 0.3 is 6.18 Å². The predicted molar refractivity (Wildman–Crippen MR) is 108 cm³/mol. The third-order valence-corrected chi connectivity index (χ3v) is 4.28. The van der Waals surface area contributed by atoms with Gasteiger partial charge in [0.1, 0.15) is 17.3 Å². The Morgan fingerprint density at radius 2 is 1.81 bits per heavy atom. The summed E-state index contributed by atoms with van der Waals surface area (Å²) in [4.78, 5) is 15.9. The fourth-order valence-electron chi connectivity index (χ4n) is 2.71. The van der Waals surface area contributed by atoms with E-state index in [1.807, 2.05) is 0 Å². The van der Waals surface area contributed by atoms with Crippen molar-refractivity contribution in [2.24, 2.45) is 0 Å². The number of hydrogen-bond acceptors (Lipinski definition) is 6. The molecule has 3 rings (SSSR count). The number of ether oxygens (including phenoxy) is 1. The number of anilines is 1. The molecule has 0 saturated heterocycles. The number of carbonyl (C=O) groups excluding carboxylic acids is 1. The topological polar surface area (TPSA) is 115 Å². The molecule has 1 amide bonds. The minimum atomic E-state index is -4.69. The molecule has 0 saturated carbocycles. The van der Waals surface area contributed by atoms with Gasteiger partial charge in [0, 0.05) is 5.56 Å². The van der Waals surface area contributed by atoms with Crippen molar-refractivity contribution in [1.82, 2.24) is 4.98 Å². The van der Waals surface area contributed by atoms with E-state index in [-0.39, 0.29) is 17.3 Å². The van der Waals surface area contributed by atoms with Crippen LogP contribution in [0, 0.1) is 11.3 Å². The van der Waals surface area contributed by atoms with Gasteiger partial charge in [0.05, 0.1) is 29.5 Å². The molecule has 32 heavy (non-hydrogen) atoms. The summed E-state index contributed by atoms with van der Waals surface area (Å²) >= 11 is 0. The van der Waals surface area contributed by atoms with Crippen LogP contribution in [0.15, 0.2) is 60.7 Å². The fourth-order valence-corrected chi connectivity index (χ4v) is 2.71. The summed E-state index contributed by atoms with van der Waals surface area (Å²) < 4.78 is 44.8. The lowest BCUT2D eigenvalue weighted by molar-refractivity contribution is -0.137. The number of aliphatic hydroxyl groups is 2. The van der Waals surface area contributed by atoms with Gasteiger partial charge in [-0.05, 0) is 54.6 Å². The van der Waals surface area contributed by atoms with Crippen molar-refractivity contribution in [2.45, 2.75) is 12.3 Å². The lowest BCUT2D eigenvalue weighted by Crippen LogP contribution is -2.30. The Morgan fingerprint density at radius 3 is 2.44 bits per heavy atom. The molecule has 0 fully saturated rings. The largest absolute Gasteiger partial charge is 0.457 e. The van der Waals surface area contributed by atoms with Crippen molar-refractivity contribution in [3.63, 3.8) is 0 Å². The number of aliphatic hydroxyl groups excluding tert-OH is 2. The summed E-state index contributed by atoms with van der Waals surface area (Å²) in [6, 6.07) is 15.7. The molecule has 0 bridgehead atoms. The van der Waals surface area contributed by atoms with Crippen LogP contribution >= 0.6 is 0 Å². The molecule has 1 atom stereocenters. The average Bonchev–Trinajstić information content (AvgIpc) is 2.78. The molecule has 10 heteroatoms. The van der Waals surface area contributed by atoms with Crippen molar-refractivity contribution >= 4 is 11.7 Å². The van der Waals surface area contributed by atoms with Gasteiger partial charge in [-0.1, -0.05) is 6.07 Å². The molecule has 0 spiro atoms. The Labute approximate surface area is 180 Å². The predicted octanol–water partition coefficient (Wildman–Crippen LogP) is 3.72. The van der Waals surface area contributed by atoms with Gasteiger partial charge in [-0.25, -0.2) is 4.98 Å². The van der Waals surface area contributed by atoms with Gasteiger partial charge in [-0.3, -0.25) is 4.79 Å². The quantitative estimate of drug-likeness (QED) is 0.535. The number of nitrogens with zero attached hydrogens (tertiary/aromatic N) is 2. The second kappa shape index (κ2) is 9.47. The number of alkyl halides is 3. The minimum absolute atomic E-state index is 0.0747. The number of aromatic nitrogens is 1. The summed E-state index contributed by atoms with van der Waals surface area (Å²) in [5, 5.41) is 29.4. The molecule has 1 aromatic heterocycles. The zero-order valence-corrected chi connectivity index (χ0v) is 16.3. The molecule has 0 aliphatic heterocycles. The van der Waals surface area contributed by atoms with Crippen LogP contribution in [0.1, 0.15) is 11.1 Å². The molecule has 164 valence electrons. The van der Waals surface area contributed by atoms with E-state index in [0.717, 1.165) is 12.1 Å². The summed E-state index contributed by atoms with van der Waals surface area (Å²) in [6.45, 7) is -0.726. The molecular weight excluding hydrogens is 427 g/mol. The molecule has 3 N–H and O–H groups in total. The Morgan fingerprint density at radius 1 is 1.12 bits per heavy atom. The molecule has 2 aromatic carbocycles. The van der Waals surface area contributed by atoms with Gasteiger partial charge in [0.25, 0.3) is 5.91 Å². The first kappa shape index (κ1) is 22.7. The molecule has 3 aromatic rings. The summed E-state index contributed by atoms with van der Waals surface area (Å²) in [5.41, 5.74) is -0.467. The number of rotatable bonds is 6. The van der Waals surface area contributed by atoms with Crippen LogP contribution in [-0.2, 0) is 11.0 Å². The minimum Gasteiger partial charge on any atom is -0.457 e. The Bertz CT molecular complexity index is 1160. The first-order valence-electron chi connectivity index (χ1n) is 9.17. The molecule has 1 unspecified atom stereocenters. The van der Waals surface area contributed by atoms with E-state index in [1.165, 1.54) is 30.3 Å². The number of nitriles is 1. The number of halogens is 3. The van der Waals surface area contributed by atoms with Crippen LogP contribution in [0.3, 0.4) is 0 Å². The zero-order valence-electron chi connectivity index (χ0n) is 16.3.